The summed E-state index contributed by atoms with van der Waals surface area (Å²) in [5.41, 5.74) is 12.6. The fraction of sp³-hybridized carbons (Fsp3) is 0.298. The van der Waals surface area contributed by atoms with Crippen LogP contribution in [0.15, 0.2) is 69.9 Å². The van der Waals surface area contributed by atoms with Crippen LogP contribution in [-0.2, 0) is 35.2 Å². The third kappa shape index (κ3) is 12.8. The molecular weight excluding hydrogens is 1120 g/mol. The zero-order valence-corrected chi connectivity index (χ0v) is 49.0. The molecule has 0 spiro atoms. The van der Waals surface area contributed by atoms with Gasteiger partial charge in [0.25, 0.3) is 5.56 Å². The number of aromatic amines is 2. The van der Waals surface area contributed by atoms with E-state index in [0.717, 1.165) is 87.2 Å². The Bertz CT molecular complexity index is 4120. The number of phenolic OH excluding ortho intramolecular Hbond substituents is 1. The first-order chi connectivity index (χ1) is 37.2. The molecule has 4 aromatic carbocycles. The monoisotopic (exact) mass is 1180 g/mol. The predicted octanol–water partition coefficient (Wildman–Crippen LogP) is 12.5. The normalized spacial score (nSPS) is 10.8. The first-order valence-corrected chi connectivity index (χ1v) is 25.7. The van der Waals surface area contributed by atoms with E-state index in [1.54, 1.807) is 50.0 Å². The Kier molecular flexibility index (Phi) is 18.9. The van der Waals surface area contributed by atoms with Crippen molar-refractivity contribution in [3.63, 3.8) is 0 Å². The van der Waals surface area contributed by atoms with Gasteiger partial charge in [-0.25, -0.2) is 18.7 Å². The van der Waals surface area contributed by atoms with Gasteiger partial charge in [0, 0.05) is 73.9 Å². The number of aromatic nitrogens is 14. The topological polar surface area (TPSA) is 202 Å². The van der Waals surface area contributed by atoms with Gasteiger partial charge in [-0.3, -0.25) is 23.9 Å². The second-order valence-corrected chi connectivity index (χ2v) is 20.3. The Morgan fingerprint density at radius 1 is 0.537 bits per heavy atom. The summed E-state index contributed by atoms with van der Waals surface area (Å²) in [6, 6.07) is 18.3. The number of aryl methyl sites for hydroxylation is 14. The van der Waals surface area contributed by atoms with Crippen molar-refractivity contribution in [3.8, 4) is 17.2 Å². The molecule has 3 N–H and O–H groups in total. The number of halogens is 5. The number of nitrogens with one attached hydrogen (secondary N) is 2. The van der Waals surface area contributed by atoms with Gasteiger partial charge in [-0.15, -0.1) is 0 Å². The molecule has 0 aliphatic heterocycles. The van der Waals surface area contributed by atoms with E-state index >= 15 is 0 Å². The van der Waals surface area contributed by atoms with E-state index in [2.05, 4.69) is 67.7 Å². The lowest BCUT2D eigenvalue weighted by Crippen LogP contribution is -2.07. The third-order valence-electron chi connectivity index (χ3n) is 12.9. The molecule has 0 aliphatic carbocycles. The molecule has 0 saturated carbocycles. The van der Waals surface area contributed by atoms with Crippen LogP contribution >= 0.6 is 27.5 Å². The maximum absolute atomic E-state index is 13.5. The van der Waals surface area contributed by atoms with Crippen molar-refractivity contribution in [1.29, 1.82) is 0 Å². The summed E-state index contributed by atoms with van der Waals surface area (Å²) < 4.78 is 59.0. The molecule has 8 heterocycles. The summed E-state index contributed by atoms with van der Waals surface area (Å²) in [6.45, 7) is 17.3. The lowest BCUT2D eigenvalue weighted by molar-refractivity contribution is 0.416. The number of aromatic hydroxyl groups is 1. The SMILES string of the molecule is C.COc1cc(Br)cc2nn(C)c(F)c12.COc1cc(C)cc2nn(C)c(C)c12.Cc1cc(F)c2c(C)[nH]nc2c1.Cc1cc(O)c2c(C)n(C)nc2c1.Cc1cc2nn(C)c(C)c2c(Cl)n1.Cc1cc2nn(C)c(F)c2c(=O)[nH]1. The number of methoxy groups -OCH3 is 2. The highest BCUT2D eigenvalue weighted by Gasteiger charge is 2.16. The van der Waals surface area contributed by atoms with Crippen LogP contribution in [0.3, 0.4) is 0 Å². The van der Waals surface area contributed by atoms with Crippen LogP contribution in [0.1, 0.15) is 58.3 Å². The van der Waals surface area contributed by atoms with Crippen LogP contribution in [0.4, 0.5) is 13.2 Å². The van der Waals surface area contributed by atoms with Gasteiger partial charge >= 0.3 is 0 Å². The van der Waals surface area contributed by atoms with Gasteiger partial charge in [-0.2, -0.15) is 39.4 Å². The first kappa shape index (κ1) is 61.0. The minimum atomic E-state index is -0.601. The quantitative estimate of drug-likeness (QED) is 0.139. The van der Waals surface area contributed by atoms with E-state index in [1.807, 2.05) is 110 Å². The Balaban J connectivity index is 0.000000155. The number of fused-ring (bicyclic) bond motifs is 6. The highest BCUT2D eigenvalue weighted by Crippen LogP contribution is 2.33. The summed E-state index contributed by atoms with van der Waals surface area (Å²) in [4.78, 5) is 18.0. The predicted molar refractivity (Wildman–Crippen MR) is 315 cm³/mol. The van der Waals surface area contributed by atoms with E-state index in [-0.39, 0.29) is 24.6 Å². The Morgan fingerprint density at radius 2 is 0.988 bits per heavy atom. The zero-order valence-electron chi connectivity index (χ0n) is 46.7. The number of benzene rings is 4. The molecule has 0 bridgehead atoms. The molecule has 23 heteroatoms. The second kappa shape index (κ2) is 24.8. The molecule has 12 rings (SSSR count). The van der Waals surface area contributed by atoms with Crippen LogP contribution in [0.25, 0.3) is 65.4 Å². The van der Waals surface area contributed by atoms with Crippen molar-refractivity contribution >= 4 is 92.9 Å². The summed E-state index contributed by atoms with van der Waals surface area (Å²) >= 11 is 9.32. The molecule has 0 atom stereocenters. The van der Waals surface area contributed by atoms with Crippen molar-refractivity contribution in [3.05, 3.63) is 149 Å². The maximum Gasteiger partial charge on any atom is 0.262 e. The summed E-state index contributed by atoms with van der Waals surface area (Å²) in [6.07, 6.45) is 0. The molecule has 8 aromatic heterocycles. The molecule has 0 saturated heterocycles. The minimum Gasteiger partial charge on any atom is -0.507 e. The summed E-state index contributed by atoms with van der Waals surface area (Å²) in [7, 11) is 12.0. The number of phenols is 1. The fourth-order valence-corrected chi connectivity index (χ4v) is 9.64. The van der Waals surface area contributed by atoms with E-state index in [1.165, 1.54) is 30.5 Å². The number of ether oxygens (including phenoxy) is 2. The Morgan fingerprint density at radius 3 is 1.57 bits per heavy atom. The van der Waals surface area contributed by atoms with Gasteiger partial charge < -0.3 is 19.6 Å². The van der Waals surface area contributed by atoms with Crippen LogP contribution in [-0.4, -0.2) is 88.4 Å². The molecule has 0 aliphatic rings. The van der Waals surface area contributed by atoms with E-state index < -0.39 is 11.5 Å². The van der Waals surface area contributed by atoms with Crippen molar-refractivity contribution in [2.75, 3.05) is 14.2 Å². The van der Waals surface area contributed by atoms with Crippen molar-refractivity contribution in [1.82, 2.24) is 69.1 Å². The minimum absolute atomic E-state index is 0. The molecule has 80 heavy (non-hydrogen) atoms. The van der Waals surface area contributed by atoms with Gasteiger partial charge in [-0.1, -0.05) is 35.0 Å². The second-order valence-electron chi connectivity index (χ2n) is 19.0. The van der Waals surface area contributed by atoms with Crippen molar-refractivity contribution < 1.29 is 27.8 Å². The smallest absolute Gasteiger partial charge is 0.262 e. The average molecular weight is 1180 g/mol. The summed E-state index contributed by atoms with van der Waals surface area (Å²) in [5.74, 6) is 0.531. The van der Waals surface area contributed by atoms with Crippen molar-refractivity contribution in [2.45, 2.75) is 69.7 Å². The number of pyridine rings is 2. The lowest BCUT2D eigenvalue weighted by atomic mass is 10.1. The zero-order chi connectivity index (χ0) is 58.1. The number of hydrogen-bond acceptors (Lipinski definition) is 11. The first-order valence-electron chi connectivity index (χ1n) is 24.5. The fourth-order valence-electron chi connectivity index (χ4n) is 8.85. The van der Waals surface area contributed by atoms with Crippen LogP contribution in [0.5, 0.6) is 17.2 Å². The molecule has 422 valence electrons. The molecule has 18 nitrogen and oxygen atoms in total. The number of H-pyrrole nitrogens is 2. The van der Waals surface area contributed by atoms with Gasteiger partial charge in [-0.05, 0) is 140 Å². The van der Waals surface area contributed by atoms with Crippen LogP contribution < -0.4 is 15.0 Å². The molecular formula is C57H65BrClF3N14O4. The van der Waals surface area contributed by atoms with Crippen LogP contribution in [0.2, 0.25) is 5.15 Å². The number of nitrogens with zero attached hydrogens (tertiary/aromatic N) is 12. The molecule has 12 aromatic rings. The van der Waals surface area contributed by atoms with E-state index in [4.69, 9.17) is 21.1 Å². The number of rotatable bonds is 2. The van der Waals surface area contributed by atoms with Crippen molar-refractivity contribution in [2.24, 2.45) is 35.2 Å². The standard InChI is InChI=1S/C11H14N2O.C10H12N2O.C9H8BrFN2O.C9H10ClN3.C9H9FN2.C8H8FN3O.CH4/c1-7-5-9-11(10(6-7)14-4)8(2)13(3)12-9;1-6-4-8-10(9(13)5-6)7(2)12(3)11-8;1-13-9(11)8-6(12-13)3-5(10)4-7(8)14-2;1-5-4-7-8(9(10)11-5)6(2)13(3)12-7;1-5-3-7(10)9-6(2)11-12-8(9)4-5;1-4-3-5-6(8(13)10-4)7(9)12(2)11-5;/h5-6H,1-4H3;4-5,13H,1-3H3;3-4H,1-2H3;4H,1-3H3;3-4H,1-2H3,(H,11,12);3H,1-2H3,(H,10,13);1H4. The molecule has 0 radical (unpaired) electrons. The Hall–Kier alpha value is -8.24. The Labute approximate surface area is 473 Å². The highest BCUT2D eigenvalue weighted by atomic mass is 79.9. The third-order valence-corrected chi connectivity index (χ3v) is 13.7. The van der Waals surface area contributed by atoms with Crippen LogP contribution in [0, 0.1) is 80.0 Å². The molecule has 0 amide bonds. The maximum atomic E-state index is 13.5. The van der Waals surface area contributed by atoms with Gasteiger partial charge in [0.2, 0.25) is 11.9 Å². The van der Waals surface area contributed by atoms with Gasteiger partial charge in [0.15, 0.2) is 0 Å². The lowest BCUT2D eigenvalue weighted by Gasteiger charge is -2.03. The molecule has 0 unspecified atom stereocenters. The van der Waals surface area contributed by atoms with E-state index in [9.17, 15) is 23.1 Å². The highest BCUT2D eigenvalue weighted by molar-refractivity contribution is 9.10. The summed E-state index contributed by atoms with van der Waals surface area (Å²) in [5, 5.41) is 41.8. The largest absolute Gasteiger partial charge is 0.507 e. The van der Waals surface area contributed by atoms with Gasteiger partial charge in [0.05, 0.1) is 63.2 Å². The van der Waals surface area contributed by atoms with E-state index in [0.29, 0.717) is 49.7 Å². The van der Waals surface area contributed by atoms with Gasteiger partial charge in [0.1, 0.15) is 44.6 Å². The average Bonchev–Trinajstić information content (AvgIpc) is 4.27. The number of hydrogen-bond donors (Lipinski definition) is 3. The molecule has 0 fully saturated rings.